The summed E-state index contributed by atoms with van der Waals surface area (Å²) in [4.78, 5) is 1.12. The average molecular weight is 220 g/mol. The van der Waals surface area contributed by atoms with Crippen LogP contribution in [0.25, 0.3) is 0 Å². The summed E-state index contributed by atoms with van der Waals surface area (Å²) in [5.74, 6) is 0. The molecule has 0 amide bonds. The molecule has 1 unspecified atom stereocenters. The molecule has 2 nitrogen and oxygen atoms in total. The maximum atomic E-state index is 11.8. The normalized spacial score (nSPS) is 15.0. The molecule has 6 heteroatoms. The Labute approximate surface area is 80.6 Å². The SMILES string of the molecule is COCC(Cl)CN(C)CC(F)(F)F. The number of hydrogen-bond acceptors (Lipinski definition) is 2. The predicted octanol–water partition coefficient (Wildman–Crippen LogP) is 1.73. The Balaban J connectivity index is 3.67. The fourth-order valence-corrected chi connectivity index (χ4v) is 1.30. The molecule has 0 spiro atoms. The monoisotopic (exact) mass is 219 g/mol. The highest BCUT2D eigenvalue weighted by Gasteiger charge is 2.29. The van der Waals surface area contributed by atoms with Gasteiger partial charge in [-0.1, -0.05) is 0 Å². The molecule has 0 bridgehead atoms. The second kappa shape index (κ2) is 5.67. The summed E-state index contributed by atoms with van der Waals surface area (Å²) in [5.41, 5.74) is 0. The molecule has 0 heterocycles. The Bertz CT molecular complexity index is 142. The van der Waals surface area contributed by atoms with Crippen molar-refractivity contribution in [2.75, 3.05) is 33.9 Å². The van der Waals surface area contributed by atoms with E-state index in [9.17, 15) is 13.2 Å². The molecule has 0 radical (unpaired) electrons. The lowest BCUT2D eigenvalue weighted by Gasteiger charge is -2.20. The number of nitrogens with zero attached hydrogens (tertiary/aromatic N) is 1. The highest BCUT2D eigenvalue weighted by molar-refractivity contribution is 6.20. The second-order valence-electron chi connectivity index (χ2n) is 2.86. The molecule has 0 saturated heterocycles. The molecule has 0 aliphatic heterocycles. The Morgan fingerprint density at radius 1 is 1.46 bits per heavy atom. The largest absolute Gasteiger partial charge is 0.401 e. The molecule has 0 aliphatic carbocycles. The Hall–Kier alpha value is -0.0000000000000000555. The van der Waals surface area contributed by atoms with Gasteiger partial charge in [0.05, 0.1) is 18.5 Å². The molecular weight excluding hydrogens is 207 g/mol. The summed E-state index contributed by atoms with van der Waals surface area (Å²) < 4.78 is 40.2. The van der Waals surface area contributed by atoms with Gasteiger partial charge in [-0.25, -0.2) is 0 Å². The minimum Gasteiger partial charge on any atom is -0.383 e. The van der Waals surface area contributed by atoms with Crippen molar-refractivity contribution in [3.05, 3.63) is 0 Å². The van der Waals surface area contributed by atoms with Crippen molar-refractivity contribution in [3.8, 4) is 0 Å². The maximum absolute atomic E-state index is 11.8. The molecule has 80 valence electrons. The van der Waals surface area contributed by atoms with Crippen molar-refractivity contribution in [2.24, 2.45) is 0 Å². The lowest BCUT2D eigenvalue weighted by Crippen LogP contribution is -2.36. The summed E-state index contributed by atoms with van der Waals surface area (Å²) >= 11 is 5.67. The summed E-state index contributed by atoms with van der Waals surface area (Å²) in [6.45, 7) is -0.529. The minimum absolute atomic E-state index is 0.162. The van der Waals surface area contributed by atoms with Crippen LogP contribution >= 0.6 is 11.6 Å². The molecular formula is C7H13ClF3NO. The molecule has 0 aromatic carbocycles. The van der Waals surface area contributed by atoms with E-state index in [0.717, 1.165) is 4.90 Å². The molecule has 13 heavy (non-hydrogen) atoms. The van der Waals surface area contributed by atoms with Gasteiger partial charge < -0.3 is 4.74 Å². The molecule has 0 rings (SSSR count). The van der Waals surface area contributed by atoms with E-state index >= 15 is 0 Å². The topological polar surface area (TPSA) is 12.5 Å². The molecule has 1 atom stereocenters. The van der Waals surface area contributed by atoms with Crippen LogP contribution in [-0.2, 0) is 4.74 Å². The van der Waals surface area contributed by atoms with E-state index in [0.29, 0.717) is 0 Å². The van der Waals surface area contributed by atoms with Crippen LogP contribution in [0.3, 0.4) is 0 Å². The second-order valence-corrected chi connectivity index (χ2v) is 3.48. The first-order valence-corrected chi connectivity index (χ1v) is 4.17. The Morgan fingerprint density at radius 2 is 2.00 bits per heavy atom. The van der Waals surface area contributed by atoms with Crippen molar-refractivity contribution >= 4 is 11.6 Å². The summed E-state index contributed by atoms with van der Waals surface area (Å²) in [7, 11) is 2.83. The van der Waals surface area contributed by atoms with E-state index in [2.05, 4.69) is 0 Å². The van der Waals surface area contributed by atoms with Gasteiger partial charge in [0.1, 0.15) is 0 Å². The fraction of sp³-hybridized carbons (Fsp3) is 1.00. The standard InChI is InChI=1S/C7H13ClF3NO/c1-12(5-7(9,10)11)3-6(8)4-13-2/h6H,3-5H2,1-2H3. The first-order valence-electron chi connectivity index (χ1n) is 3.73. The average Bonchev–Trinajstić information content (AvgIpc) is 1.81. The number of alkyl halides is 4. The summed E-state index contributed by atoms with van der Waals surface area (Å²) in [6.07, 6.45) is -4.17. The van der Waals surface area contributed by atoms with Crippen molar-refractivity contribution in [1.29, 1.82) is 0 Å². The zero-order chi connectivity index (χ0) is 10.5. The van der Waals surface area contributed by atoms with Crippen molar-refractivity contribution < 1.29 is 17.9 Å². The van der Waals surface area contributed by atoms with Crippen LogP contribution in [0.4, 0.5) is 13.2 Å². The third kappa shape index (κ3) is 8.33. The first kappa shape index (κ1) is 13.0. The van der Waals surface area contributed by atoms with Gasteiger partial charge in [0.25, 0.3) is 0 Å². The van der Waals surface area contributed by atoms with E-state index in [1.807, 2.05) is 0 Å². The van der Waals surface area contributed by atoms with Gasteiger partial charge in [-0.05, 0) is 7.05 Å². The third-order valence-corrected chi connectivity index (χ3v) is 1.57. The van der Waals surface area contributed by atoms with Crippen LogP contribution in [0.2, 0.25) is 0 Å². The molecule has 0 saturated carbocycles. The molecule has 0 N–H and O–H groups in total. The van der Waals surface area contributed by atoms with Gasteiger partial charge in [0.2, 0.25) is 0 Å². The van der Waals surface area contributed by atoms with Crippen LogP contribution < -0.4 is 0 Å². The quantitative estimate of drug-likeness (QED) is 0.653. The minimum atomic E-state index is -4.17. The van der Waals surface area contributed by atoms with Crippen molar-refractivity contribution in [1.82, 2.24) is 4.90 Å². The van der Waals surface area contributed by atoms with E-state index in [4.69, 9.17) is 16.3 Å². The number of hydrogen-bond donors (Lipinski definition) is 0. The lowest BCUT2D eigenvalue weighted by atomic mass is 10.4. The van der Waals surface area contributed by atoms with E-state index in [1.165, 1.54) is 14.2 Å². The zero-order valence-corrected chi connectivity index (χ0v) is 8.32. The van der Waals surface area contributed by atoms with Gasteiger partial charge in [0.15, 0.2) is 0 Å². The lowest BCUT2D eigenvalue weighted by molar-refractivity contribution is -0.143. The van der Waals surface area contributed by atoms with Gasteiger partial charge in [-0.2, -0.15) is 13.2 Å². The van der Waals surface area contributed by atoms with Gasteiger partial charge in [-0.15, -0.1) is 11.6 Å². The van der Waals surface area contributed by atoms with E-state index in [-0.39, 0.29) is 13.2 Å². The maximum Gasteiger partial charge on any atom is 0.401 e. The van der Waals surface area contributed by atoms with Gasteiger partial charge >= 0.3 is 6.18 Å². The van der Waals surface area contributed by atoms with Crippen LogP contribution in [0.5, 0.6) is 0 Å². The smallest absolute Gasteiger partial charge is 0.383 e. The van der Waals surface area contributed by atoms with Crippen LogP contribution in [0.15, 0.2) is 0 Å². The third-order valence-electron chi connectivity index (χ3n) is 1.31. The van der Waals surface area contributed by atoms with Crippen LogP contribution in [0, 0.1) is 0 Å². The molecule has 0 fully saturated rings. The highest BCUT2D eigenvalue weighted by Crippen LogP contribution is 2.16. The fourth-order valence-electron chi connectivity index (χ4n) is 0.942. The predicted molar refractivity (Wildman–Crippen MR) is 45.1 cm³/mol. The van der Waals surface area contributed by atoms with Crippen molar-refractivity contribution in [3.63, 3.8) is 0 Å². The number of ether oxygens (including phenoxy) is 1. The number of halogens is 4. The molecule has 0 aromatic heterocycles. The van der Waals surface area contributed by atoms with E-state index < -0.39 is 18.1 Å². The highest BCUT2D eigenvalue weighted by atomic mass is 35.5. The Morgan fingerprint density at radius 3 is 2.38 bits per heavy atom. The number of rotatable bonds is 5. The molecule has 0 aromatic rings. The van der Waals surface area contributed by atoms with Crippen LogP contribution in [0.1, 0.15) is 0 Å². The summed E-state index contributed by atoms with van der Waals surface area (Å²) in [5, 5.41) is -0.405. The van der Waals surface area contributed by atoms with Gasteiger partial charge in [0, 0.05) is 13.7 Å². The van der Waals surface area contributed by atoms with Crippen LogP contribution in [-0.4, -0.2) is 50.3 Å². The van der Waals surface area contributed by atoms with Crippen molar-refractivity contribution in [2.45, 2.75) is 11.6 Å². The number of methoxy groups -OCH3 is 1. The first-order chi connectivity index (χ1) is 5.85. The van der Waals surface area contributed by atoms with E-state index in [1.54, 1.807) is 0 Å². The Kier molecular flexibility index (Phi) is 5.67. The van der Waals surface area contributed by atoms with Gasteiger partial charge in [-0.3, -0.25) is 4.90 Å². The molecule has 0 aliphatic rings. The zero-order valence-electron chi connectivity index (χ0n) is 7.57. The summed E-state index contributed by atoms with van der Waals surface area (Å²) in [6, 6.07) is 0.